The van der Waals surface area contributed by atoms with Gasteiger partial charge in [-0.25, -0.2) is 0 Å². The predicted molar refractivity (Wildman–Crippen MR) is 72.0 cm³/mol. The number of nitrogens with zero attached hydrogens (tertiary/aromatic N) is 1. The molecule has 0 aromatic carbocycles. The van der Waals surface area contributed by atoms with Crippen molar-refractivity contribution in [2.45, 2.75) is 39.0 Å². The molecule has 18 heavy (non-hydrogen) atoms. The van der Waals surface area contributed by atoms with Crippen LogP contribution in [0.5, 0.6) is 0 Å². The van der Waals surface area contributed by atoms with Gasteiger partial charge in [0.05, 0.1) is 11.8 Å². The van der Waals surface area contributed by atoms with Crippen LogP contribution in [0.15, 0.2) is 18.3 Å². The van der Waals surface area contributed by atoms with Crippen LogP contribution in [0.3, 0.4) is 0 Å². The molecule has 2 rings (SSSR count). The van der Waals surface area contributed by atoms with Gasteiger partial charge in [0.2, 0.25) is 0 Å². The first-order chi connectivity index (χ1) is 8.83. The molecule has 2 heterocycles. The highest BCUT2D eigenvalue weighted by molar-refractivity contribution is 5.16. The number of nitrogens with two attached hydrogens (primary N) is 1. The fourth-order valence-electron chi connectivity index (χ4n) is 2.53. The fourth-order valence-corrected chi connectivity index (χ4v) is 2.53. The van der Waals surface area contributed by atoms with Crippen LogP contribution in [0.25, 0.3) is 0 Å². The van der Waals surface area contributed by atoms with Crippen LogP contribution in [0.2, 0.25) is 0 Å². The van der Waals surface area contributed by atoms with Crippen molar-refractivity contribution in [2.24, 2.45) is 11.7 Å². The van der Waals surface area contributed by atoms with E-state index in [1.807, 2.05) is 12.3 Å². The third-order valence-electron chi connectivity index (χ3n) is 3.57. The van der Waals surface area contributed by atoms with Crippen LogP contribution in [-0.4, -0.2) is 24.2 Å². The van der Waals surface area contributed by atoms with E-state index >= 15 is 0 Å². The summed E-state index contributed by atoms with van der Waals surface area (Å²) in [5, 5.41) is 3.51. The van der Waals surface area contributed by atoms with Crippen LogP contribution in [0.4, 0.5) is 0 Å². The average Bonchev–Trinajstić information content (AvgIpc) is 2.86. The van der Waals surface area contributed by atoms with Gasteiger partial charge < -0.3 is 15.8 Å². The van der Waals surface area contributed by atoms with Crippen molar-refractivity contribution in [1.82, 2.24) is 10.3 Å². The molecule has 0 saturated carbocycles. The van der Waals surface area contributed by atoms with E-state index in [-0.39, 0.29) is 0 Å². The molecule has 3 N–H and O–H groups in total. The van der Waals surface area contributed by atoms with E-state index in [4.69, 9.17) is 10.5 Å². The van der Waals surface area contributed by atoms with Gasteiger partial charge in [-0.3, -0.25) is 4.98 Å². The summed E-state index contributed by atoms with van der Waals surface area (Å²) >= 11 is 0. The van der Waals surface area contributed by atoms with E-state index in [1.165, 1.54) is 12.0 Å². The maximum absolute atomic E-state index is 5.69. The lowest BCUT2D eigenvalue weighted by Gasteiger charge is -2.17. The largest absolute Gasteiger partial charge is 0.378 e. The fraction of sp³-hybridized carbons (Fsp3) is 0.643. The number of pyridine rings is 1. The van der Waals surface area contributed by atoms with Gasteiger partial charge in [0.25, 0.3) is 0 Å². The maximum atomic E-state index is 5.69. The molecule has 1 aliphatic heterocycles. The number of hydrogen-bond acceptors (Lipinski definition) is 4. The lowest BCUT2D eigenvalue weighted by Crippen LogP contribution is -2.28. The van der Waals surface area contributed by atoms with Gasteiger partial charge in [-0.1, -0.05) is 6.92 Å². The molecule has 0 radical (unpaired) electrons. The van der Waals surface area contributed by atoms with Gasteiger partial charge >= 0.3 is 0 Å². The van der Waals surface area contributed by atoms with Gasteiger partial charge in [0, 0.05) is 32.4 Å². The monoisotopic (exact) mass is 249 g/mol. The molecule has 1 aliphatic rings. The minimum absolute atomic E-state index is 0.439. The predicted octanol–water partition coefficient (Wildman–Crippen LogP) is 1.44. The summed E-state index contributed by atoms with van der Waals surface area (Å²) in [6, 6.07) is 4.10. The van der Waals surface area contributed by atoms with E-state index in [2.05, 4.69) is 23.3 Å². The number of rotatable bonds is 6. The standard InChI is InChI=1S/C14H23N3O/c1-2-14-12(4-6-18-14)10-16-9-11-3-5-17-13(7-11)8-15/h3,5,7,12,14,16H,2,4,6,8-10,15H2,1H3. The highest BCUT2D eigenvalue weighted by Gasteiger charge is 2.25. The zero-order valence-electron chi connectivity index (χ0n) is 11.1. The summed E-state index contributed by atoms with van der Waals surface area (Å²) in [7, 11) is 0. The second-order valence-corrected chi connectivity index (χ2v) is 4.86. The van der Waals surface area contributed by atoms with Crippen molar-refractivity contribution in [3.05, 3.63) is 29.6 Å². The highest BCUT2D eigenvalue weighted by Crippen LogP contribution is 2.22. The minimum Gasteiger partial charge on any atom is -0.378 e. The smallest absolute Gasteiger partial charge is 0.0613 e. The molecule has 1 aromatic rings. The molecule has 4 nitrogen and oxygen atoms in total. The third kappa shape index (κ3) is 3.51. The molecule has 2 atom stereocenters. The molecule has 1 saturated heterocycles. The Labute approximate surface area is 109 Å². The van der Waals surface area contributed by atoms with E-state index in [0.29, 0.717) is 18.6 Å². The van der Waals surface area contributed by atoms with Crippen molar-refractivity contribution in [3.8, 4) is 0 Å². The van der Waals surface area contributed by atoms with Crippen LogP contribution in [0, 0.1) is 5.92 Å². The Balaban J connectivity index is 1.77. The molecular weight excluding hydrogens is 226 g/mol. The molecule has 100 valence electrons. The second-order valence-electron chi connectivity index (χ2n) is 4.86. The molecule has 2 unspecified atom stereocenters. The van der Waals surface area contributed by atoms with Gasteiger partial charge in [-0.05, 0) is 36.5 Å². The molecule has 4 heteroatoms. The molecule has 0 aliphatic carbocycles. The zero-order valence-corrected chi connectivity index (χ0v) is 11.1. The molecule has 0 spiro atoms. The van der Waals surface area contributed by atoms with E-state index in [1.54, 1.807) is 0 Å². The van der Waals surface area contributed by atoms with Crippen LogP contribution in [-0.2, 0) is 17.8 Å². The van der Waals surface area contributed by atoms with E-state index in [9.17, 15) is 0 Å². The van der Waals surface area contributed by atoms with Crippen LogP contribution >= 0.6 is 0 Å². The molecule has 1 fully saturated rings. The normalized spacial score (nSPS) is 23.4. The lowest BCUT2D eigenvalue weighted by molar-refractivity contribution is 0.0872. The Morgan fingerprint density at radius 2 is 2.44 bits per heavy atom. The molecular formula is C14H23N3O. The Hall–Kier alpha value is -0.970. The molecule has 0 amide bonds. The van der Waals surface area contributed by atoms with Gasteiger partial charge in [-0.2, -0.15) is 0 Å². The quantitative estimate of drug-likeness (QED) is 0.801. The van der Waals surface area contributed by atoms with E-state index in [0.717, 1.165) is 31.8 Å². The number of ether oxygens (including phenoxy) is 1. The Morgan fingerprint density at radius 3 is 3.22 bits per heavy atom. The maximum Gasteiger partial charge on any atom is 0.0613 e. The lowest BCUT2D eigenvalue weighted by atomic mass is 9.99. The van der Waals surface area contributed by atoms with Gasteiger partial charge in [0.1, 0.15) is 0 Å². The minimum atomic E-state index is 0.439. The Morgan fingerprint density at radius 1 is 1.56 bits per heavy atom. The highest BCUT2D eigenvalue weighted by atomic mass is 16.5. The topological polar surface area (TPSA) is 60.2 Å². The summed E-state index contributed by atoms with van der Waals surface area (Å²) in [5.74, 6) is 0.658. The van der Waals surface area contributed by atoms with Crippen LogP contribution < -0.4 is 11.1 Å². The molecule has 1 aromatic heterocycles. The summed E-state index contributed by atoms with van der Waals surface area (Å²) in [6.07, 6.45) is 4.55. The summed E-state index contributed by atoms with van der Waals surface area (Å²) < 4.78 is 5.69. The van der Waals surface area contributed by atoms with Crippen molar-refractivity contribution in [1.29, 1.82) is 0 Å². The van der Waals surface area contributed by atoms with Crippen molar-refractivity contribution >= 4 is 0 Å². The van der Waals surface area contributed by atoms with Crippen molar-refractivity contribution < 1.29 is 4.74 Å². The third-order valence-corrected chi connectivity index (χ3v) is 3.57. The average molecular weight is 249 g/mol. The number of nitrogens with one attached hydrogen (secondary N) is 1. The SMILES string of the molecule is CCC1OCCC1CNCc1ccnc(CN)c1. The number of aromatic nitrogens is 1. The van der Waals surface area contributed by atoms with Crippen molar-refractivity contribution in [3.63, 3.8) is 0 Å². The Kier molecular flexibility index (Phi) is 5.11. The van der Waals surface area contributed by atoms with E-state index < -0.39 is 0 Å². The summed E-state index contributed by atoms with van der Waals surface area (Å²) in [4.78, 5) is 4.20. The van der Waals surface area contributed by atoms with Gasteiger partial charge in [-0.15, -0.1) is 0 Å². The summed E-state index contributed by atoms with van der Waals surface area (Å²) in [5.41, 5.74) is 7.78. The first-order valence-electron chi connectivity index (χ1n) is 6.79. The first-order valence-corrected chi connectivity index (χ1v) is 6.79. The van der Waals surface area contributed by atoms with Gasteiger partial charge in [0.15, 0.2) is 0 Å². The van der Waals surface area contributed by atoms with Crippen LogP contribution in [0.1, 0.15) is 31.0 Å². The zero-order chi connectivity index (χ0) is 12.8. The van der Waals surface area contributed by atoms with Crippen molar-refractivity contribution in [2.75, 3.05) is 13.2 Å². The second kappa shape index (κ2) is 6.83. The number of hydrogen-bond donors (Lipinski definition) is 2. The molecule has 0 bridgehead atoms. The Bertz CT molecular complexity index is 370. The summed E-state index contributed by atoms with van der Waals surface area (Å²) in [6.45, 7) is 5.51. The first kappa shape index (κ1) is 13.5.